The average Bonchev–Trinajstić information content (AvgIpc) is 3.15. The molecule has 0 aliphatic carbocycles. The van der Waals surface area contributed by atoms with Gasteiger partial charge in [-0.1, -0.05) is 12.1 Å². The first-order valence-electron chi connectivity index (χ1n) is 8.82. The molecule has 0 atom stereocenters. The molecule has 3 heterocycles. The number of morpholine rings is 1. The van der Waals surface area contributed by atoms with Gasteiger partial charge < -0.3 is 9.64 Å². The molecule has 8 heteroatoms. The van der Waals surface area contributed by atoms with Gasteiger partial charge in [-0.25, -0.2) is 9.67 Å². The van der Waals surface area contributed by atoms with E-state index in [1.165, 1.54) is 10.9 Å². The molecule has 1 aliphatic rings. The largest absolute Gasteiger partial charge is 0.378 e. The molecule has 1 N–H and O–H groups in total. The topological polar surface area (TPSA) is 104 Å². The molecule has 140 valence electrons. The number of nitrogens with zero attached hydrogens (tertiary/aromatic N) is 4. The third-order valence-corrected chi connectivity index (χ3v) is 4.62. The van der Waals surface area contributed by atoms with Crippen LogP contribution in [0.25, 0.3) is 16.9 Å². The van der Waals surface area contributed by atoms with Gasteiger partial charge in [0.1, 0.15) is 0 Å². The fraction of sp³-hybridized carbons (Fsp3) is 0.200. The smallest absolute Gasteiger partial charge is 0.280 e. The summed E-state index contributed by atoms with van der Waals surface area (Å²) in [5.74, 6) is 0.294. The maximum absolute atomic E-state index is 12.7. The molecule has 0 unspecified atom stereocenters. The lowest BCUT2D eigenvalue weighted by atomic mass is 10.1. The first-order chi connectivity index (χ1) is 13.7. The summed E-state index contributed by atoms with van der Waals surface area (Å²) in [6.45, 7) is 2.19. The van der Waals surface area contributed by atoms with Gasteiger partial charge in [-0.2, -0.15) is 5.26 Å². The average molecular weight is 375 g/mol. The number of aromatic amines is 1. The van der Waals surface area contributed by atoms with Crippen LogP contribution in [-0.2, 0) is 4.74 Å². The second-order valence-electron chi connectivity index (χ2n) is 6.33. The Bertz CT molecular complexity index is 1080. The van der Waals surface area contributed by atoms with Crippen molar-refractivity contribution in [3.05, 3.63) is 70.3 Å². The third-order valence-electron chi connectivity index (χ3n) is 4.62. The van der Waals surface area contributed by atoms with Crippen molar-refractivity contribution in [1.29, 1.82) is 5.26 Å². The Morgan fingerprint density at radius 3 is 2.54 bits per heavy atom. The predicted octanol–water partition coefficient (Wildman–Crippen LogP) is 1.57. The zero-order chi connectivity index (χ0) is 19.5. The predicted molar refractivity (Wildman–Crippen MR) is 101 cm³/mol. The second kappa shape index (κ2) is 7.50. The highest BCUT2D eigenvalue weighted by Gasteiger charge is 2.19. The molecule has 1 fully saturated rings. The van der Waals surface area contributed by atoms with E-state index in [9.17, 15) is 9.59 Å². The van der Waals surface area contributed by atoms with Gasteiger partial charge in [0, 0.05) is 25.5 Å². The summed E-state index contributed by atoms with van der Waals surface area (Å²) in [7, 11) is 0. The number of hydrogen-bond donors (Lipinski definition) is 1. The normalized spacial score (nSPS) is 13.9. The number of rotatable bonds is 3. The van der Waals surface area contributed by atoms with E-state index in [2.05, 4.69) is 16.2 Å². The van der Waals surface area contributed by atoms with Gasteiger partial charge in [0.15, 0.2) is 5.82 Å². The van der Waals surface area contributed by atoms with E-state index in [1.54, 1.807) is 47.5 Å². The van der Waals surface area contributed by atoms with E-state index in [0.717, 1.165) is 0 Å². The molecular weight excluding hydrogens is 358 g/mol. The van der Waals surface area contributed by atoms with Crippen molar-refractivity contribution in [1.82, 2.24) is 19.7 Å². The first-order valence-corrected chi connectivity index (χ1v) is 8.82. The maximum atomic E-state index is 12.7. The van der Waals surface area contributed by atoms with Crippen LogP contribution in [0.3, 0.4) is 0 Å². The zero-order valence-corrected chi connectivity index (χ0v) is 15.0. The minimum atomic E-state index is -0.260. The van der Waals surface area contributed by atoms with Crippen molar-refractivity contribution in [3.63, 3.8) is 0 Å². The van der Waals surface area contributed by atoms with Crippen molar-refractivity contribution < 1.29 is 9.53 Å². The van der Waals surface area contributed by atoms with Crippen LogP contribution in [0.2, 0.25) is 0 Å². The van der Waals surface area contributed by atoms with Gasteiger partial charge >= 0.3 is 0 Å². The summed E-state index contributed by atoms with van der Waals surface area (Å²) in [5.41, 5.74) is 1.92. The third kappa shape index (κ3) is 3.31. The maximum Gasteiger partial charge on any atom is 0.280 e. The lowest BCUT2D eigenvalue weighted by molar-refractivity contribution is 0.0302. The Labute approximate surface area is 160 Å². The number of nitrogens with one attached hydrogen (secondary N) is 1. The minimum absolute atomic E-state index is 0.0977. The molecule has 1 aliphatic heterocycles. The molecular formula is C20H17N5O3. The number of hydrogen-bond acceptors (Lipinski definition) is 5. The summed E-state index contributed by atoms with van der Waals surface area (Å²) < 4.78 is 6.58. The van der Waals surface area contributed by atoms with Crippen LogP contribution in [0.15, 0.2) is 53.6 Å². The zero-order valence-electron chi connectivity index (χ0n) is 15.0. The Morgan fingerprint density at radius 1 is 1.14 bits per heavy atom. The van der Waals surface area contributed by atoms with E-state index < -0.39 is 0 Å². The number of H-pyrrole nitrogens is 1. The quantitative estimate of drug-likeness (QED) is 0.748. The van der Waals surface area contributed by atoms with Crippen molar-refractivity contribution in [3.8, 4) is 23.0 Å². The number of carbonyl (C=O) groups is 1. The number of pyridine rings is 1. The number of benzene rings is 1. The van der Waals surface area contributed by atoms with Gasteiger partial charge in [0.25, 0.3) is 11.5 Å². The summed E-state index contributed by atoms with van der Waals surface area (Å²) in [4.78, 5) is 31.2. The summed E-state index contributed by atoms with van der Waals surface area (Å²) in [5, 5.41) is 11.8. The molecule has 1 aromatic carbocycles. The number of carbonyl (C=O) groups excluding carboxylic acids is 1. The van der Waals surface area contributed by atoms with Crippen LogP contribution in [0, 0.1) is 11.3 Å². The van der Waals surface area contributed by atoms with E-state index in [-0.39, 0.29) is 11.5 Å². The molecule has 2 aromatic heterocycles. The molecule has 8 nitrogen and oxygen atoms in total. The molecule has 1 saturated heterocycles. The highest BCUT2D eigenvalue weighted by molar-refractivity contribution is 5.94. The Morgan fingerprint density at radius 2 is 1.89 bits per heavy atom. The van der Waals surface area contributed by atoms with Crippen molar-refractivity contribution >= 4 is 5.91 Å². The molecule has 1 amide bonds. The number of amides is 1. The van der Waals surface area contributed by atoms with E-state index in [4.69, 9.17) is 10.00 Å². The van der Waals surface area contributed by atoms with Crippen molar-refractivity contribution in [2.24, 2.45) is 0 Å². The van der Waals surface area contributed by atoms with Crippen LogP contribution in [0.5, 0.6) is 0 Å². The Kier molecular flexibility index (Phi) is 4.74. The number of aromatic nitrogens is 3. The van der Waals surface area contributed by atoms with Crippen molar-refractivity contribution in [2.45, 2.75) is 0 Å². The first kappa shape index (κ1) is 17.7. The molecule has 28 heavy (non-hydrogen) atoms. The van der Waals surface area contributed by atoms with Crippen molar-refractivity contribution in [2.75, 3.05) is 26.3 Å². The fourth-order valence-electron chi connectivity index (χ4n) is 3.07. The summed E-state index contributed by atoms with van der Waals surface area (Å²) in [6.07, 6.45) is 3.07. The van der Waals surface area contributed by atoms with Gasteiger partial charge in [-0.05, 0) is 29.8 Å². The van der Waals surface area contributed by atoms with Gasteiger partial charge in [-0.15, -0.1) is 0 Å². The molecule has 3 aromatic rings. The van der Waals surface area contributed by atoms with E-state index in [0.29, 0.717) is 54.4 Å². The van der Waals surface area contributed by atoms with Gasteiger partial charge in [0.2, 0.25) is 0 Å². The Hall–Kier alpha value is -3.70. The highest BCUT2D eigenvalue weighted by atomic mass is 16.5. The highest BCUT2D eigenvalue weighted by Crippen LogP contribution is 2.16. The van der Waals surface area contributed by atoms with Crippen LogP contribution < -0.4 is 5.56 Å². The van der Waals surface area contributed by atoms with Gasteiger partial charge in [0.05, 0.1) is 36.0 Å². The summed E-state index contributed by atoms with van der Waals surface area (Å²) >= 11 is 0. The minimum Gasteiger partial charge on any atom is -0.378 e. The lowest BCUT2D eigenvalue weighted by Crippen LogP contribution is -2.40. The number of ether oxygens (including phenoxy) is 1. The summed E-state index contributed by atoms with van der Waals surface area (Å²) in [6, 6.07) is 12.1. The van der Waals surface area contributed by atoms with Crippen LogP contribution in [-0.4, -0.2) is 51.9 Å². The molecule has 0 bridgehead atoms. The number of nitriles is 1. The Balaban J connectivity index is 1.58. The standard InChI is InChI=1S/C20H17N5O3/c21-11-14-1-3-15(4-2-14)17-13-23-25(20(17)27)18-6-5-16(12-22-18)19(26)24-7-9-28-10-8-24/h1-6,12-13,23H,7-10H2. The van der Waals surface area contributed by atoms with E-state index in [1.807, 2.05) is 0 Å². The SMILES string of the molecule is N#Cc1ccc(-c2c[nH]n(-c3ccc(C(=O)N4CCOCC4)cn3)c2=O)cc1. The fourth-order valence-corrected chi connectivity index (χ4v) is 3.07. The van der Waals surface area contributed by atoms with Crippen LogP contribution in [0.4, 0.5) is 0 Å². The molecule has 4 rings (SSSR count). The lowest BCUT2D eigenvalue weighted by Gasteiger charge is -2.26. The van der Waals surface area contributed by atoms with Crippen LogP contribution >= 0.6 is 0 Å². The monoisotopic (exact) mass is 375 g/mol. The second-order valence-corrected chi connectivity index (χ2v) is 6.33. The van der Waals surface area contributed by atoms with Crippen LogP contribution in [0.1, 0.15) is 15.9 Å². The molecule has 0 saturated carbocycles. The van der Waals surface area contributed by atoms with Gasteiger partial charge in [-0.3, -0.25) is 14.7 Å². The van der Waals surface area contributed by atoms with E-state index >= 15 is 0 Å². The molecule has 0 spiro atoms. The molecule has 0 radical (unpaired) electrons.